The van der Waals surface area contributed by atoms with Crippen molar-refractivity contribution in [2.75, 3.05) is 25.6 Å². The van der Waals surface area contributed by atoms with Crippen LogP contribution in [0.25, 0.3) is 0 Å². The first-order valence-electron chi connectivity index (χ1n) is 7.19. The average Bonchev–Trinajstić information content (AvgIpc) is 2.58. The Bertz CT molecular complexity index is 684. The molecular formula is C16H18FN3O4. The number of pyridine rings is 1. The summed E-state index contributed by atoms with van der Waals surface area (Å²) in [6.45, 7) is -0.121. The van der Waals surface area contributed by atoms with E-state index in [9.17, 15) is 14.3 Å². The summed E-state index contributed by atoms with van der Waals surface area (Å²) >= 11 is 0. The molecule has 128 valence electrons. The van der Waals surface area contributed by atoms with Crippen LogP contribution in [0.15, 0.2) is 42.6 Å². The number of nitrogens with zero attached hydrogens (tertiary/aromatic N) is 1. The molecule has 0 fully saturated rings. The third-order valence-electron chi connectivity index (χ3n) is 2.95. The fourth-order valence-electron chi connectivity index (χ4n) is 1.83. The Balaban J connectivity index is 1.75. The molecule has 2 aromatic rings. The first-order valence-corrected chi connectivity index (χ1v) is 7.19. The van der Waals surface area contributed by atoms with E-state index in [0.717, 1.165) is 0 Å². The number of carbonyl (C=O) groups is 1. The third-order valence-corrected chi connectivity index (χ3v) is 2.95. The second-order valence-corrected chi connectivity index (χ2v) is 4.82. The molecule has 1 aromatic carbocycles. The van der Waals surface area contributed by atoms with E-state index in [4.69, 9.17) is 9.47 Å². The summed E-state index contributed by atoms with van der Waals surface area (Å²) in [4.78, 5) is 15.7. The molecule has 8 heteroatoms. The van der Waals surface area contributed by atoms with Crippen LogP contribution in [0.4, 0.5) is 14.9 Å². The molecule has 0 saturated carbocycles. The van der Waals surface area contributed by atoms with E-state index in [1.165, 1.54) is 31.5 Å². The number of aliphatic hydroxyl groups is 1. The van der Waals surface area contributed by atoms with Crippen molar-refractivity contribution < 1.29 is 23.8 Å². The van der Waals surface area contributed by atoms with Gasteiger partial charge < -0.3 is 25.2 Å². The molecule has 3 N–H and O–H groups in total. The molecule has 0 saturated heterocycles. The summed E-state index contributed by atoms with van der Waals surface area (Å²) in [6, 6.07) is 8.35. The fourth-order valence-corrected chi connectivity index (χ4v) is 1.83. The Hall–Kier alpha value is -2.87. The number of methoxy groups -OCH3 is 1. The summed E-state index contributed by atoms with van der Waals surface area (Å²) < 4.78 is 23.3. The van der Waals surface area contributed by atoms with Crippen molar-refractivity contribution in [2.45, 2.75) is 6.10 Å². The second-order valence-electron chi connectivity index (χ2n) is 4.82. The first kappa shape index (κ1) is 17.5. The number of nitrogens with one attached hydrogen (secondary N) is 2. The maximum absolute atomic E-state index is 13.0. The summed E-state index contributed by atoms with van der Waals surface area (Å²) in [7, 11) is 1.44. The summed E-state index contributed by atoms with van der Waals surface area (Å²) in [5.74, 6) is 0.158. The van der Waals surface area contributed by atoms with Crippen molar-refractivity contribution in [1.82, 2.24) is 10.3 Å². The molecule has 0 aliphatic rings. The fraction of sp³-hybridized carbons (Fsp3) is 0.250. The second kappa shape index (κ2) is 8.68. The molecule has 1 atom stereocenters. The molecular weight excluding hydrogens is 317 g/mol. The minimum Gasteiger partial charge on any atom is -0.491 e. The molecule has 1 aromatic heterocycles. The van der Waals surface area contributed by atoms with Gasteiger partial charge in [-0.05, 0) is 24.3 Å². The number of rotatable bonds is 7. The Kier molecular flexibility index (Phi) is 6.32. The van der Waals surface area contributed by atoms with Gasteiger partial charge >= 0.3 is 6.03 Å². The lowest BCUT2D eigenvalue weighted by molar-refractivity contribution is 0.108. The number of amides is 2. The van der Waals surface area contributed by atoms with E-state index >= 15 is 0 Å². The van der Waals surface area contributed by atoms with Gasteiger partial charge in [-0.1, -0.05) is 6.07 Å². The maximum atomic E-state index is 13.0. The highest BCUT2D eigenvalue weighted by Gasteiger charge is 2.11. The molecule has 0 bridgehead atoms. The zero-order valence-electron chi connectivity index (χ0n) is 13.0. The van der Waals surface area contributed by atoms with Gasteiger partial charge in [0.15, 0.2) is 0 Å². The summed E-state index contributed by atoms with van der Waals surface area (Å²) in [5, 5.41) is 14.8. The molecule has 2 rings (SSSR count). The smallest absolute Gasteiger partial charge is 0.319 e. The summed E-state index contributed by atoms with van der Waals surface area (Å²) in [5.41, 5.74) is 0.406. The number of anilines is 1. The molecule has 0 aliphatic heterocycles. The van der Waals surface area contributed by atoms with Gasteiger partial charge in [0.2, 0.25) is 5.88 Å². The van der Waals surface area contributed by atoms with Crippen molar-refractivity contribution in [3.05, 3.63) is 48.4 Å². The lowest BCUT2D eigenvalue weighted by Gasteiger charge is -2.14. The van der Waals surface area contributed by atoms with Crippen LogP contribution in [-0.2, 0) is 0 Å². The van der Waals surface area contributed by atoms with E-state index in [0.29, 0.717) is 11.4 Å². The molecule has 1 heterocycles. The van der Waals surface area contributed by atoms with Gasteiger partial charge in [0, 0.05) is 18.8 Å². The van der Waals surface area contributed by atoms with E-state index < -0.39 is 18.0 Å². The van der Waals surface area contributed by atoms with Crippen LogP contribution in [-0.4, -0.2) is 42.5 Å². The van der Waals surface area contributed by atoms with Crippen LogP contribution < -0.4 is 20.1 Å². The van der Waals surface area contributed by atoms with Gasteiger partial charge in [0.25, 0.3) is 0 Å². The van der Waals surface area contributed by atoms with Crippen LogP contribution in [0.2, 0.25) is 0 Å². The van der Waals surface area contributed by atoms with Crippen LogP contribution in [0.5, 0.6) is 11.6 Å². The highest BCUT2D eigenvalue weighted by atomic mass is 19.1. The van der Waals surface area contributed by atoms with Gasteiger partial charge in [0.05, 0.1) is 7.11 Å². The van der Waals surface area contributed by atoms with Crippen LogP contribution >= 0.6 is 0 Å². The van der Waals surface area contributed by atoms with Gasteiger partial charge in [-0.25, -0.2) is 14.2 Å². The van der Waals surface area contributed by atoms with Crippen LogP contribution in [0, 0.1) is 5.82 Å². The quantitative estimate of drug-likeness (QED) is 0.717. The van der Waals surface area contributed by atoms with Crippen LogP contribution in [0.1, 0.15) is 0 Å². The van der Waals surface area contributed by atoms with Gasteiger partial charge in [0.1, 0.15) is 30.0 Å². The number of hydrogen-bond acceptors (Lipinski definition) is 5. The predicted octanol–water partition coefficient (Wildman–Crippen LogP) is 1.79. The van der Waals surface area contributed by atoms with Gasteiger partial charge in [-0.3, -0.25) is 0 Å². The van der Waals surface area contributed by atoms with Crippen molar-refractivity contribution >= 4 is 11.7 Å². The Morgan fingerprint density at radius 3 is 2.96 bits per heavy atom. The highest BCUT2D eigenvalue weighted by Crippen LogP contribution is 2.19. The molecule has 24 heavy (non-hydrogen) atoms. The molecule has 0 radical (unpaired) electrons. The van der Waals surface area contributed by atoms with Gasteiger partial charge in [-0.2, -0.15) is 0 Å². The molecule has 7 nitrogen and oxygen atoms in total. The monoisotopic (exact) mass is 335 g/mol. The Morgan fingerprint density at radius 1 is 1.38 bits per heavy atom. The number of aromatic nitrogens is 1. The Morgan fingerprint density at radius 2 is 2.21 bits per heavy atom. The first-order chi connectivity index (χ1) is 11.6. The number of halogens is 1. The topological polar surface area (TPSA) is 92.7 Å². The number of urea groups is 1. The van der Waals surface area contributed by atoms with Crippen molar-refractivity contribution in [2.24, 2.45) is 0 Å². The molecule has 2 amide bonds. The minimum absolute atomic E-state index is 0.0380. The van der Waals surface area contributed by atoms with E-state index in [2.05, 4.69) is 15.6 Å². The summed E-state index contributed by atoms with van der Waals surface area (Å²) in [6.07, 6.45) is 0.588. The van der Waals surface area contributed by atoms with Crippen LogP contribution in [0.3, 0.4) is 0 Å². The average molecular weight is 335 g/mol. The zero-order chi connectivity index (χ0) is 17.4. The lowest BCUT2D eigenvalue weighted by Crippen LogP contribution is -2.37. The zero-order valence-corrected chi connectivity index (χ0v) is 13.0. The van der Waals surface area contributed by atoms with E-state index in [1.54, 1.807) is 18.2 Å². The number of hydrogen-bond donors (Lipinski definition) is 3. The number of carbonyl (C=O) groups excluding carboxylic acids is 1. The number of ether oxygens (including phenoxy) is 2. The molecule has 0 unspecified atom stereocenters. The third kappa shape index (κ3) is 5.40. The largest absolute Gasteiger partial charge is 0.491 e. The van der Waals surface area contributed by atoms with Gasteiger partial charge in [-0.15, -0.1) is 0 Å². The normalized spacial score (nSPS) is 11.5. The van der Waals surface area contributed by atoms with Crippen molar-refractivity contribution in [3.63, 3.8) is 0 Å². The number of benzene rings is 1. The highest BCUT2D eigenvalue weighted by molar-refractivity contribution is 5.90. The van der Waals surface area contributed by atoms with Crippen molar-refractivity contribution in [3.8, 4) is 11.6 Å². The maximum Gasteiger partial charge on any atom is 0.319 e. The SMILES string of the molecule is COc1ncccc1NC(=O)NC[C@@H](O)COc1cccc(F)c1. The van der Waals surface area contributed by atoms with E-state index in [-0.39, 0.29) is 19.0 Å². The Labute approximate surface area is 138 Å². The predicted molar refractivity (Wildman–Crippen MR) is 85.7 cm³/mol. The molecule has 0 aliphatic carbocycles. The lowest BCUT2D eigenvalue weighted by atomic mass is 10.3. The standard InChI is InChI=1S/C16H18FN3O4/c1-23-15-14(6-3-7-18-15)20-16(22)19-9-12(21)10-24-13-5-2-4-11(17)8-13/h2-8,12,21H,9-10H2,1H3,(H2,19,20,22)/t12-/m1/s1. The van der Waals surface area contributed by atoms with E-state index in [1.807, 2.05) is 0 Å². The van der Waals surface area contributed by atoms with Crippen molar-refractivity contribution in [1.29, 1.82) is 0 Å². The minimum atomic E-state index is -0.949. The number of aliphatic hydroxyl groups excluding tert-OH is 1. The molecule has 0 spiro atoms.